The number of benzene rings is 1. The number of rotatable bonds is 1. The van der Waals surface area contributed by atoms with E-state index in [-0.39, 0.29) is 0 Å². The monoisotopic (exact) mass is 158 g/mol. The van der Waals surface area contributed by atoms with E-state index in [1.165, 1.54) is 30.5 Å². The summed E-state index contributed by atoms with van der Waals surface area (Å²) in [7, 11) is 2.28. The van der Waals surface area contributed by atoms with Crippen molar-refractivity contribution in [1.29, 1.82) is 0 Å². The molecule has 1 heterocycles. The Hall–Kier alpha value is -0.915. The van der Waals surface area contributed by atoms with Gasteiger partial charge in [-0.1, -0.05) is 24.0 Å². The highest BCUT2D eigenvalue weighted by Gasteiger charge is 2.12. The minimum Gasteiger partial charge on any atom is -0.419 e. The average molecular weight is 158 g/mol. The summed E-state index contributed by atoms with van der Waals surface area (Å²) >= 11 is 0. The summed E-state index contributed by atoms with van der Waals surface area (Å²) in [5.74, 6) is 0. The molecule has 2 heteroatoms. The molecule has 1 aliphatic rings. The fourth-order valence-corrected chi connectivity index (χ4v) is 1.57. The third-order valence-electron chi connectivity index (χ3n) is 2.32. The van der Waals surface area contributed by atoms with Crippen LogP contribution in [0, 0.1) is 6.92 Å². The summed E-state index contributed by atoms with van der Waals surface area (Å²) in [6, 6.07) is 8.72. The molecule has 61 valence electrons. The van der Waals surface area contributed by atoms with Crippen LogP contribution in [-0.2, 0) is 0 Å². The molecule has 1 aromatic carbocycles. The zero-order valence-corrected chi connectivity index (χ0v) is 7.46. The second kappa shape index (κ2) is 3.22. The van der Waals surface area contributed by atoms with Crippen LogP contribution < -0.4 is 4.81 Å². The van der Waals surface area contributed by atoms with Crippen LogP contribution in [0.15, 0.2) is 24.3 Å². The van der Waals surface area contributed by atoms with Gasteiger partial charge in [0.25, 0.3) is 0 Å². The first-order valence-corrected chi connectivity index (χ1v) is 4.53. The molecule has 1 aromatic rings. The van der Waals surface area contributed by atoms with Gasteiger partial charge in [0.2, 0.25) is 7.41 Å². The molecule has 0 aromatic heterocycles. The maximum atomic E-state index is 2.33. The Labute approximate surface area is 74.7 Å². The summed E-state index contributed by atoms with van der Waals surface area (Å²) in [6.45, 7) is 3.31. The molecule has 2 rings (SSSR count). The van der Waals surface area contributed by atoms with Crippen LogP contribution >= 0.6 is 0 Å². The zero-order chi connectivity index (χ0) is 8.39. The van der Waals surface area contributed by atoms with E-state index < -0.39 is 0 Å². The van der Waals surface area contributed by atoms with Gasteiger partial charge in [-0.05, 0) is 25.5 Å². The van der Waals surface area contributed by atoms with Gasteiger partial charge in [-0.2, -0.15) is 0 Å². The Bertz CT molecular complexity index is 249. The van der Waals surface area contributed by atoms with Crippen LogP contribution in [0.3, 0.4) is 0 Å². The van der Waals surface area contributed by atoms with Gasteiger partial charge in [0.1, 0.15) is 0 Å². The molecule has 0 unspecified atom stereocenters. The molecule has 0 saturated carbocycles. The Kier molecular flexibility index (Phi) is 2.07. The van der Waals surface area contributed by atoms with Crippen molar-refractivity contribution in [3.63, 3.8) is 0 Å². The SMILES string of the molecule is Cc1ccc(N2[B]CCC2)cc1. The van der Waals surface area contributed by atoms with Crippen LogP contribution in [0.2, 0.25) is 6.32 Å². The minimum absolute atomic E-state index is 1.18. The molecule has 0 N–H and O–H groups in total. The van der Waals surface area contributed by atoms with Gasteiger partial charge < -0.3 is 4.81 Å². The number of aryl methyl sites for hydroxylation is 1. The van der Waals surface area contributed by atoms with Crippen molar-refractivity contribution in [2.24, 2.45) is 0 Å². The number of anilines is 1. The Morgan fingerprint density at radius 3 is 2.58 bits per heavy atom. The molecular formula is C10H13BN. The zero-order valence-electron chi connectivity index (χ0n) is 7.46. The molecule has 1 nitrogen and oxygen atoms in total. The number of nitrogens with zero attached hydrogens (tertiary/aromatic N) is 1. The Morgan fingerprint density at radius 1 is 1.25 bits per heavy atom. The molecule has 1 fully saturated rings. The maximum absolute atomic E-state index is 2.33. The molecule has 0 atom stereocenters. The predicted molar refractivity (Wildman–Crippen MR) is 53.7 cm³/mol. The van der Waals surface area contributed by atoms with E-state index in [2.05, 4.69) is 43.4 Å². The first kappa shape index (κ1) is 7.72. The van der Waals surface area contributed by atoms with Crippen molar-refractivity contribution in [1.82, 2.24) is 0 Å². The van der Waals surface area contributed by atoms with Gasteiger partial charge in [-0.15, -0.1) is 0 Å². The minimum atomic E-state index is 1.18. The molecule has 12 heavy (non-hydrogen) atoms. The van der Waals surface area contributed by atoms with Gasteiger partial charge in [0.15, 0.2) is 0 Å². The van der Waals surface area contributed by atoms with E-state index in [0.717, 1.165) is 0 Å². The fourth-order valence-electron chi connectivity index (χ4n) is 1.57. The number of hydrogen-bond acceptors (Lipinski definition) is 1. The molecule has 1 radical (unpaired) electrons. The van der Waals surface area contributed by atoms with E-state index in [4.69, 9.17) is 0 Å². The Balaban J connectivity index is 2.17. The molecule has 0 spiro atoms. The summed E-state index contributed by atoms with van der Waals surface area (Å²) in [5.41, 5.74) is 2.66. The average Bonchev–Trinajstić information content (AvgIpc) is 2.58. The molecule has 1 aliphatic heterocycles. The second-order valence-electron chi connectivity index (χ2n) is 3.35. The maximum Gasteiger partial charge on any atom is 0.246 e. The highest BCUT2D eigenvalue weighted by atomic mass is 15.1. The highest BCUT2D eigenvalue weighted by molar-refractivity contribution is 6.42. The van der Waals surface area contributed by atoms with Crippen molar-refractivity contribution >= 4 is 13.1 Å². The summed E-state index contributed by atoms with van der Waals surface area (Å²) in [5, 5.41) is 0. The smallest absolute Gasteiger partial charge is 0.246 e. The van der Waals surface area contributed by atoms with Crippen molar-refractivity contribution < 1.29 is 0 Å². The topological polar surface area (TPSA) is 3.24 Å². The molecule has 0 bridgehead atoms. The third kappa shape index (κ3) is 1.47. The molecular weight excluding hydrogens is 145 g/mol. The van der Waals surface area contributed by atoms with Crippen molar-refractivity contribution in [3.8, 4) is 0 Å². The van der Waals surface area contributed by atoms with Gasteiger partial charge in [0, 0.05) is 12.2 Å². The lowest BCUT2D eigenvalue weighted by atomic mass is 9.90. The lowest BCUT2D eigenvalue weighted by molar-refractivity contribution is 0.982. The van der Waals surface area contributed by atoms with Crippen LogP contribution in [0.4, 0.5) is 5.69 Å². The first-order chi connectivity index (χ1) is 5.86. The van der Waals surface area contributed by atoms with Gasteiger partial charge >= 0.3 is 0 Å². The predicted octanol–water partition coefficient (Wildman–Crippen LogP) is 2.24. The van der Waals surface area contributed by atoms with E-state index in [0.29, 0.717) is 0 Å². The van der Waals surface area contributed by atoms with Crippen LogP contribution in [0.5, 0.6) is 0 Å². The van der Waals surface area contributed by atoms with E-state index in [1.54, 1.807) is 0 Å². The highest BCUT2D eigenvalue weighted by Crippen LogP contribution is 2.18. The van der Waals surface area contributed by atoms with Crippen LogP contribution in [-0.4, -0.2) is 14.0 Å². The number of hydrogen-bond donors (Lipinski definition) is 0. The molecule has 0 amide bonds. The fraction of sp³-hybridized carbons (Fsp3) is 0.400. The second-order valence-corrected chi connectivity index (χ2v) is 3.35. The summed E-state index contributed by atoms with van der Waals surface area (Å²) in [6.07, 6.45) is 2.53. The van der Waals surface area contributed by atoms with Gasteiger partial charge in [0.05, 0.1) is 0 Å². The first-order valence-electron chi connectivity index (χ1n) is 4.53. The third-order valence-corrected chi connectivity index (χ3v) is 2.32. The largest absolute Gasteiger partial charge is 0.419 e. The van der Waals surface area contributed by atoms with Crippen LogP contribution in [0.1, 0.15) is 12.0 Å². The van der Waals surface area contributed by atoms with E-state index >= 15 is 0 Å². The normalized spacial score (nSPS) is 16.2. The van der Waals surface area contributed by atoms with Gasteiger partial charge in [-0.3, -0.25) is 0 Å². The molecule has 0 aliphatic carbocycles. The standard InChI is InChI=1S/C10H13BN/c1-9-3-5-10(6-4-9)12-8-2-7-11-12/h3-6H,2,7-8H2,1H3. The van der Waals surface area contributed by atoms with Crippen LogP contribution in [0.25, 0.3) is 0 Å². The summed E-state index contributed by atoms with van der Waals surface area (Å²) < 4.78 is 0. The van der Waals surface area contributed by atoms with E-state index in [9.17, 15) is 0 Å². The quantitative estimate of drug-likeness (QED) is 0.566. The van der Waals surface area contributed by atoms with Crippen molar-refractivity contribution in [2.75, 3.05) is 11.4 Å². The van der Waals surface area contributed by atoms with Crippen molar-refractivity contribution in [2.45, 2.75) is 19.7 Å². The Morgan fingerprint density at radius 2 is 2.00 bits per heavy atom. The van der Waals surface area contributed by atoms with Crippen molar-refractivity contribution in [3.05, 3.63) is 29.8 Å². The van der Waals surface area contributed by atoms with E-state index in [1.807, 2.05) is 0 Å². The lowest BCUT2D eigenvalue weighted by Crippen LogP contribution is -2.20. The lowest BCUT2D eigenvalue weighted by Gasteiger charge is -2.17. The molecule has 1 saturated heterocycles. The van der Waals surface area contributed by atoms with Gasteiger partial charge in [-0.25, -0.2) is 0 Å². The summed E-state index contributed by atoms with van der Waals surface area (Å²) in [4.78, 5) is 2.33.